The van der Waals surface area contributed by atoms with Gasteiger partial charge in [-0.25, -0.2) is 8.42 Å². The highest BCUT2D eigenvalue weighted by molar-refractivity contribution is 7.92. The van der Waals surface area contributed by atoms with E-state index in [0.29, 0.717) is 29.1 Å². The van der Waals surface area contributed by atoms with Crippen molar-refractivity contribution < 1.29 is 13.5 Å². The van der Waals surface area contributed by atoms with E-state index in [1.54, 1.807) is 18.2 Å². The van der Waals surface area contributed by atoms with Gasteiger partial charge in [0.15, 0.2) is 0 Å². The molecule has 1 aliphatic carbocycles. The molecule has 0 saturated carbocycles. The molecule has 2 aliphatic rings. The third-order valence-electron chi connectivity index (χ3n) is 4.83. The van der Waals surface area contributed by atoms with Crippen LogP contribution in [0.4, 0.5) is 5.69 Å². The Bertz CT molecular complexity index is 860. The summed E-state index contributed by atoms with van der Waals surface area (Å²) >= 11 is 0. The predicted octanol–water partition coefficient (Wildman–Crippen LogP) is 2.81. The van der Waals surface area contributed by atoms with Crippen LogP contribution in [0.2, 0.25) is 0 Å². The Hall–Kier alpha value is -1.85. The lowest BCUT2D eigenvalue weighted by Gasteiger charge is -2.33. The Morgan fingerprint density at radius 2 is 1.83 bits per heavy atom. The molecule has 0 saturated heterocycles. The number of rotatable bonds is 2. The third kappa shape index (κ3) is 2.35. The number of sulfonamides is 1. The number of anilines is 1. The van der Waals surface area contributed by atoms with Crippen molar-refractivity contribution in [2.45, 2.75) is 36.7 Å². The summed E-state index contributed by atoms with van der Waals surface area (Å²) in [5, 5.41) is 10.1. The molecule has 1 N–H and O–H groups in total. The van der Waals surface area contributed by atoms with E-state index in [1.807, 2.05) is 24.3 Å². The van der Waals surface area contributed by atoms with Crippen LogP contribution in [0.5, 0.6) is 0 Å². The first-order chi connectivity index (χ1) is 11.1. The monoisotopic (exact) mass is 329 g/mol. The summed E-state index contributed by atoms with van der Waals surface area (Å²) < 4.78 is 27.6. The zero-order valence-electron chi connectivity index (χ0n) is 12.8. The molecule has 2 aromatic rings. The van der Waals surface area contributed by atoms with Crippen molar-refractivity contribution in [1.82, 2.24) is 0 Å². The Balaban J connectivity index is 1.79. The standard InChI is InChI=1S/C18H19NO3S/c20-18-10-11-19(17-7-2-1-6-16(17)18)23(21,22)15-9-8-13-4-3-5-14(13)12-15/h1-2,6-9,12,18,20H,3-5,10-11H2. The van der Waals surface area contributed by atoms with Gasteiger partial charge in [0, 0.05) is 12.1 Å². The van der Waals surface area contributed by atoms with Gasteiger partial charge in [-0.1, -0.05) is 24.3 Å². The summed E-state index contributed by atoms with van der Waals surface area (Å²) in [6, 6.07) is 12.7. The van der Waals surface area contributed by atoms with Crippen LogP contribution in [0.15, 0.2) is 47.4 Å². The first-order valence-electron chi connectivity index (χ1n) is 7.99. The van der Waals surface area contributed by atoms with E-state index >= 15 is 0 Å². The molecule has 4 nitrogen and oxygen atoms in total. The molecule has 2 aromatic carbocycles. The molecule has 0 fully saturated rings. The largest absolute Gasteiger partial charge is 0.388 e. The number of hydrogen-bond donors (Lipinski definition) is 1. The Kier molecular flexibility index (Phi) is 3.43. The molecule has 0 amide bonds. The second-order valence-corrected chi connectivity index (χ2v) is 8.09. The van der Waals surface area contributed by atoms with Crippen LogP contribution in [0.25, 0.3) is 0 Å². The van der Waals surface area contributed by atoms with E-state index in [-0.39, 0.29) is 0 Å². The Morgan fingerprint density at radius 3 is 2.70 bits per heavy atom. The van der Waals surface area contributed by atoms with Crippen LogP contribution in [-0.4, -0.2) is 20.1 Å². The predicted molar refractivity (Wildman–Crippen MR) is 89.0 cm³/mol. The van der Waals surface area contributed by atoms with Gasteiger partial charge in [0.25, 0.3) is 10.0 Å². The number of benzene rings is 2. The molecule has 0 bridgehead atoms. The maximum atomic E-state index is 13.1. The van der Waals surface area contributed by atoms with Gasteiger partial charge >= 0.3 is 0 Å². The fourth-order valence-electron chi connectivity index (χ4n) is 3.60. The highest BCUT2D eigenvalue weighted by atomic mass is 32.2. The molecule has 1 atom stereocenters. The van der Waals surface area contributed by atoms with Gasteiger partial charge < -0.3 is 5.11 Å². The number of aryl methyl sites for hydroxylation is 2. The fourth-order valence-corrected chi connectivity index (χ4v) is 5.15. The lowest BCUT2D eigenvalue weighted by molar-refractivity contribution is 0.166. The van der Waals surface area contributed by atoms with Crippen molar-refractivity contribution in [1.29, 1.82) is 0 Å². The quantitative estimate of drug-likeness (QED) is 0.922. The van der Waals surface area contributed by atoms with E-state index < -0.39 is 16.1 Å². The summed E-state index contributed by atoms with van der Waals surface area (Å²) in [7, 11) is -3.60. The van der Waals surface area contributed by atoms with Crippen LogP contribution < -0.4 is 4.31 Å². The lowest BCUT2D eigenvalue weighted by atomic mass is 10.0. The Morgan fingerprint density at radius 1 is 1.04 bits per heavy atom. The molecule has 120 valence electrons. The SMILES string of the molecule is O=S(=O)(c1ccc2c(c1)CCC2)N1CCC(O)c2ccccc21. The zero-order chi connectivity index (χ0) is 16.0. The van der Waals surface area contributed by atoms with Crippen molar-refractivity contribution in [2.24, 2.45) is 0 Å². The number of aliphatic hydroxyl groups excluding tert-OH is 1. The molecule has 5 heteroatoms. The fraction of sp³-hybridized carbons (Fsp3) is 0.333. The summed E-state index contributed by atoms with van der Waals surface area (Å²) in [5.74, 6) is 0. The maximum Gasteiger partial charge on any atom is 0.264 e. The Labute approximate surface area is 136 Å². The minimum absolute atomic E-state index is 0.303. The molecule has 1 unspecified atom stereocenters. The average molecular weight is 329 g/mol. The van der Waals surface area contributed by atoms with Gasteiger partial charge in [0.05, 0.1) is 16.7 Å². The van der Waals surface area contributed by atoms with Gasteiger partial charge in [0.1, 0.15) is 0 Å². The highest BCUT2D eigenvalue weighted by Gasteiger charge is 2.32. The maximum absolute atomic E-state index is 13.1. The molecule has 4 rings (SSSR count). The molecule has 1 heterocycles. The normalized spacial score (nSPS) is 20.2. The van der Waals surface area contributed by atoms with Gasteiger partial charge in [-0.15, -0.1) is 0 Å². The minimum atomic E-state index is -3.60. The van der Waals surface area contributed by atoms with Crippen LogP contribution in [-0.2, 0) is 22.9 Å². The summed E-state index contributed by atoms with van der Waals surface area (Å²) in [6.45, 7) is 0.303. The van der Waals surface area contributed by atoms with E-state index in [9.17, 15) is 13.5 Å². The molecular weight excluding hydrogens is 310 g/mol. The number of hydrogen-bond acceptors (Lipinski definition) is 3. The van der Waals surface area contributed by atoms with Gasteiger partial charge in [-0.05, 0) is 55.0 Å². The van der Waals surface area contributed by atoms with Crippen molar-refractivity contribution in [2.75, 3.05) is 10.8 Å². The summed E-state index contributed by atoms with van der Waals surface area (Å²) in [4.78, 5) is 0.351. The summed E-state index contributed by atoms with van der Waals surface area (Å²) in [5.41, 5.74) is 3.69. The van der Waals surface area contributed by atoms with Gasteiger partial charge in [-0.2, -0.15) is 0 Å². The summed E-state index contributed by atoms with van der Waals surface area (Å²) in [6.07, 6.45) is 2.90. The van der Waals surface area contributed by atoms with Gasteiger partial charge in [-0.3, -0.25) is 4.31 Å². The smallest absolute Gasteiger partial charge is 0.264 e. The molecule has 23 heavy (non-hydrogen) atoms. The lowest BCUT2D eigenvalue weighted by Crippen LogP contribution is -2.36. The number of aliphatic hydroxyl groups is 1. The number of nitrogens with zero attached hydrogens (tertiary/aromatic N) is 1. The molecule has 0 spiro atoms. The second kappa shape index (κ2) is 5.35. The van der Waals surface area contributed by atoms with E-state index in [4.69, 9.17) is 0 Å². The number of fused-ring (bicyclic) bond motifs is 2. The van der Waals surface area contributed by atoms with Crippen molar-refractivity contribution in [3.05, 3.63) is 59.2 Å². The topological polar surface area (TPSA) is 57.6 Å². The molecule has 0 aromatic heterocycles. The van der Waals surface area contributed by atoms with Crippen LogP contribution in [0.1, 0.15) is 35.6 Å². The second-order valence-electron chi connectivity index (χ2n) is 6.22. The van der Waals surface area contributed by atoms with Crippen LogP contribution >= 0.6 is 0 Å². The third-order valence-corrected chi connectivity index (χ3v) is 6.64. The van der Waals surface area contributed by atoms with E-state index in [1.165, 1.54) is 9.87 Å². The minimum Gasteiger partial charge on any atom is -0.388 e. The van der Waals surface area contributed by atoms with Crippen LogP contribution in [0, 0.1) is 0 Å². The molecule has 1 aliphatic heterocycles. The van der Waals surface area contributed by atoms with E-state index in [2.05, 4.69) is 0 Å². The van der Waals surface area contributed by atoms with E-state index in [0.717, 1.165) is 24.8 Å². The van der Waals surface area contributed by atoms with Crippen LogP contribution in [0.3, 0.4) is 0 Å². The highest BCUT2D eigenvalue weighted by Crippen LogP contribution is 2.37. The molecule has 0 radical (unpaired) electrons. The number of para-hydroxylation sites is 1. The van der Waals surface area contributed by atoms with Crippen molar-refractivity contribution >= 4 is 15.7 Å². The first-order valence-corrected chi connectivity index (χ1v) is 9.43. The van der Waals surface area contributed by atoms with Gasteiger partial charge in [0.2, 0.25) is 0 Å². The molecular formula is C18H19NO3S. The average Bonchev–Trinajstić information content (AvgIpc) is 3.03. The first kappa shape index (κ1) is 14.7. The zero-order valence-corrected chi connectivity index (χ0v) is 13.6. The van der Waals surface area contributed by atoms with Crippen molar-refractivity contribution in [3.63, 3.8) is 0 Å². The van der Waals surface area contributed by atoms with Crippen molar-refractivity contribution in [3.8, 4) is 0 Å².